The van der Waals surface area contributed by atoms with Gasteiger partial charge in [0, 0.05) is 0 Å². The Kier molecular flexibility index (Phi) is 6.17. The van der Waals surface area contributed by atoms with Gasteiger partial charge in [-0.1, -0.05) is 43.7 Å². The first-order chi connectivity index (χ1) is 12.9. The molecule has 0 saturated heterocycles. The Hall–Kier alpha value is -1.92. The lowest BCUT2D eigenvalue weighted by atomic mass is 9.77. The fourth-order valence-electron chi connectivity index (χ4n) is 3.60. The van der Waals surface area contributed by atoms with E-state index in [0.29, 0.717) is 36.3 Å². The Morgan fingerprint density at radius 1 is 1.07 bits per heavy atom. The van der Waals surface area contributed by atoms with Crippen LogP contribution in [0.3, 0.4) is 0 Å². The van der Waals surface area contributed by atoms with Crippen molar-refractivity contribution in [1.29, 1.82) is 0 Å². The molecule has 0 radical (unpaired) electrons. The number of rotatable bonds is 7. The molecule has 0 heterocycles. The summed E-state index contributed by atoms with van der Waals surface area (Å²) in [6.45, 7) is 1.80. The Morgan fingerprint density at radius 2 is 1.74 bits per heavy atom. The summed E-state index contributed by atoms with van der Waals surface area (Å²) in [7, 11) is -3.47. The molecule has 4 nitrogen and oxygen atoms in total. The Labute approximate surface area is 160 Å². The third kappa shape index (κ3) is 4.87. The van der Waals surface area contributed by atoms with Crippen molar-refractivity contribution in [2.24, 2.45) is 0 Å². The van der Waals surface area contributed by atoms with E-state index < -0.39 is 21.7 Å². The van der Waals surface area contributed by atoms with Crippen LogP contribution in [0.15, 0.2) is 54.6 Å². The number of benzene rings is 2. The van der Waals surface area contributed by atoms with Gasteiger partial charge < -0.3 is 4.74 Å². The molecule has 2 aromatic rings. The minimum atomic E-state index is -3.47. The van der Waals surface area contributed by atoms with Crippen molar-refractivity contribution in [3.63, 3.8) is 0 Å². The number of ether oxygens (including phenoxy) is 1. The minimum absolute atomic E-state index is 0.0173. The van der Waals surface area contributed by atoms with E-state index in [-0.39, 0.29) is 5.75 Å². The number of nitrogens with one attached hydrogen (secondary N) is 1. The zero-order valence-electron chi connectivity index (χ0n) is 15.5. The highest BCUT2D eigenvalue weighted by Crippen LogP contribution is 2.42. The van der Waals surface area contributed by atoms with Gasteiger partial charge in [0.1, 0.15) is 11.5 Å². The van der Waals surface area contributed by atoms with Crippen molar-refractivity contribution in [3.8, 4) is 11.5 Å². The van der Waals surface area contributed by atoms with Gasteiger partial charge in [0.05, 0.1) is 11.8 Å². The van der Waals surface area contributed by atoms with Gasteiger partial charge in [-0.25, -0.2) is 17.5 Å². The van der Waals surface area contributed by atoms with Crippen LogP contribution in [-0.2, 0) is 15.7 Å². The second-order valence-corrected chi connectivity index (χ2v) is 8.91. The number of hydrogen-bond acceptors (Lipinski definition) is 3. The lowest BCUT2D eigenvalue weighted by Gasteiger charge is -2.38. The molecule has 2 atom stereocenters. The molecule has 146 valence electrons. The van der Waals surface area contributed by atoms with Crippen LogP contribution in [0.5, 0.6) is 11.5 Å². The van der Waals surface area contributed by atoms with E-state index >= 15 is 4.39 Å². The Morgan fingerprint density at radius 3 is 2.41 bits per heavy atom. The normalized spacial score (nSPS) is 23.1. The summed E-state index contributed by atoms with van der Waals surface area (Å²) in [4.78, 5) is 0. The van der Waals surface area contributed by atoms with Crippen molar-refractivity contribution < 1.29 is 17.5 Å². The van der Waals surface area contributed by atoms with Crippen LogP contribution in [0.25, 0.3) is 0 Å². The van der Waals surface area contributed by atoms with E-state index in [1.54, 1.807) is 31.2 Å². The van der Waals surface area contributed by atoms with E-state index in [9.17, 15) is 8.42 Å². The van der Waals surface area contributed by atoms with Crippen LogP contribution < -0.4 is 9.46 Å². The highest BCUT2D eigenvalue weighted by Gasteiger charge is 2.44. The molecule has 2 aromatic carbocycles. The van der Waals surface area contributed by atoms with E-state index in [4.69, 9.17) is 4.74 Å². The van der Waals surface area contributed by atoms with E-state index in [1.165, 1.54) is 0 Å². The molecule has 1 aliphatic carbocycles. The molecule has 1 fully saturated rings. The molecule has 1 aliphatic rings. The topological polar surface area (TPSA) is 55.4 Å². The lowest BCUT2D eigenvalue weighted by molar-refractivity contribution is 0.0713. The zero-order valence-corrected chi connectivity index (χ0v) is 16.3. The largest absolute Gasteiger partial charge is 0.457 e. The van der Waals surface area contributed by atoms with Gasteiger partial charge >= 0.3 is 0 Å². The van der Waals surface area contributed by atoms with Gasteiger partial charge in [-0.05, 0) is 55.5 Å². The fraction of sp³-hybridized carbons (Fsp3) is 0.429. The van der Waals surface area contributed by atoms with Crippen LogP contribution in [0.1, 0.15) is 44.6 Å². The molecule has 0 aliphatic heterocycles. The molecule has 0 bridgehead atoms. The van der Waals surface area contributed by atoms with Crippen LogP contribution in [0, 0.1) is 0 Å². The van der Waals surface area contributed by atoms with Gasteiger partial charge in [-0.3, -0.25) is 0 Å². The third-order valence-corrected chi connectivity index (χ3v) is 6.53. The zero-order chi connectivity index (χ0) is 19.3. The summed E-state index contributed by atoms with van der Waals surface area (Å²) < 4.78 is 48.7. The average molecular weight is 392 g/mol. The first-order valence-electron chi connectivity index (χ1n) is 9.45. The third-order valence-electron chi connectivity index (χ3n) is 4.94. The first-order valence-corrected chi connectivity index (χ1v) is 11.1. The van der Waals surface area contributed by atoms with Crippen LogP contribution >= 0.6 is 0 Å². The SMILES string of the molecule is CCCS(=O)(=O)NC1CCCCC1(F)c1ccc(Oc2ccccc2)cc1. The second kappa shape index (κ2) is 8.40. The maximum Gasteiger partial charge on any atom is 0.211 e. The van der Waals surface area contributed by atoms with Gasteiger partial charge in [0.2, 0.25) is 10.0 Å². The molecular weight excluding hydrogens is 365 g/mol. The van der Waals surface area contributed by atoms with E-state index in [2.05, 4.69) is 4.72 Å². The minimum Gasteiger partial charge on any atom is -0.457 e. The van der Waals surface area contributed by atoms with Gasteiger partial charge in [-0.2, -0.15) is 0 Å². The predicted octanol–water partition coefficient (Wildman–Crippen LogP) is 4.92. The molecule has 0 amide bonds. The average Bonchev–Trinajstić information content (AvgIpc) is 2.65. The molecule has 0 spiro atoms. The predicted molar refractivity (Wildman–Crippen MR) is 105 cm³/mol. The highest BCUT2D eigenvalue weighted by atomic mass is 32.2. The first kappa shape index (κ1) is 19.8. The summed E-state index contributed by atoms with van der Waals surface area (Å²) in [6.07, 6.45) is 2.88. The van der Waals surface area contributed by atoms with Crippen LogP contribution in [-0.4, -0.2) is 20.2 Å². The maximum absolute atomic E-state index is 15.9. The molecular formula is C21H26FNO3S. The quantitative estimate of drug-likeness (QED) is 0.729. The summed E-state index contributed by atoms with van der Waals surface area (Å²) in [6, 6.07) is 15.5. The van der Waals surface area contributed by atoms with Crippen molar-refractivity contribution in [1.82, 2.24) is 4.72 Å². The van der Waals surface area contributed by atoms with Crippen molar-refractivity contribution in [3.05, 3.63) is 60.2 Å². The number of para-hydroxylation sites is 1. The van der Waals surface area contributed by atoms with Crippen molar-refractivity contribution in [2.45, 2.75) is 50.7 Å². The van der Waals surface area contributed by atoms with Crippen molar-refractivity contribution >= 4 is 10.0 Å². The number of alkyl halides is 1. The number of halogens is 1. The van der Waals surface area contributed by atoms with Gasteiger partial charge in [0.15, 0.2) is 5.67 Å². The smallest absolute Gasteiger partial charge is 0.211 e. The molecule has 1 saturated carbocycles. The fourth-order valence-corrected chi connectivity index (χ4v) is 4.99. The number of hydrogen-bond donors (Lipinski definition) is 1. The van der Waals surface area contributed by atoms with Crippen LogP contribution in [0.4, 0.5) is 4.39 Å². The van der Waals surface area contributed by atoms with Crippen LogP contribution in [0.2, 0.25) is 0 Å². The molecule has 27 heavy (non-hydrogen) atoms. The Bertz CT molecular complexity index is 839. The summed E-state index contributed by atoms with van der Waals surface area (Å²) in [5, 5.41) is 0. The standard InChI is InChI=1S/C21H26FNO3S/c1-2-16-27(24,25)23-20-10-6-7-15-21(20,22)17-11-13-19(14-12-17)26-18-8-4-3-5-9-18/h3-5,8-9,11-14,20,23H,2,6-7,10,15-16H2,1H3. The van der Waals surface area contributed by atoms with Crippen molar-refractivity contribution in [2.75, 3.05) is 5.75 Å². The van der Waals surface area contributed by atoms with Gasteiger partial charge in [0.25, 0.3) is 0 Å². The molecule has 1 N–H and O–H groups in total. The second-order valence-electron chi connectivity index (χ2n) is 7.04. The maximum atomic E-state index is 15.9. The molecule has 2 unspecified atom stereocenters. The summed E-state index contributed by atoms with van der Waals surface area (Å²) >= 11 is 0. The molecule has 6 heteroatoms. The monoisotopic (exact) mass is 391 g/mol. The summed E-state index contributed by atoms with van der Waals surface area (Å²) in [5.74, 6) is 1.35. The Balaban J connectivity index is 1.79. The van der Waals surface area contributed by atoms with Gasteiger partial charge in [-0.15, -0.1) is 0 Å². The van der Waals surface area contributed by atoms with E-state index in [0.717, 1.165) is 12.8 Å². The summed E-state index contributed by atoms with van der Waals surface area (Å²) in [5.41, 5.74) is -1.21. The van der Waals surface area contributed by atoms with E-state index in [1.807, 2.05) is 30.3 Å². The molecule has 3 rings (SSSR count). The number of sulfonamides is 1. The molecule has 0 aromatic heterocycles. The highest BCUT2D eigenvalue weighted by molar-refractivity contribution is 7.89. The lowest BCUT2D eigenvalue weighted by Crippen LogP contribution is -2.50.